The van der Waals surface area contributed by atoms with E-state index >= 15 is 0 Å². The zero-order valence-corrected chi connectivity index (χ0v) is 9.58. The largest absolute Gasteiger partial charge is 0.306 e. The first-order chi connectivity index (χ1) is 7.65. The Morgan fingerprint density at radius 3 is 2.69 bits per heavy atom. The quantitative estimate of drug-likeness (QED) is 0.773. The third kappa shape index (κ3) is 2.55. The summed E-state index contributed by atoms with van der Waals surface area (Å²) in [6.07, 6.45) is 1.93. The number of anilines is 1. The molecule has 0 saturated carbocycles. The SMILES string of the molecule is Cc1cc(C)nc(NC(=O)C2CCCN2)n1. The predicted octanol–water partition coefficient (Wildman–Crippen LogP) is 0.784. The van der Waals surface area contributed by atoms with Crippen molar-refractivity contribution in [1.29, 1.82) is 0 Å². The van der Waals surface area contributed by atoms with Crippen LogP contribution in [0.25, 0.3) is 0 Å². The molecule has 86 valence electrons. The molecule has 0 bridgehead atoms. The summed E-state index contributed by atoms with van der Waals surface area (Å²) in [6, 6.07) is 1.79. The van der Waals surface area contributed by atoms with Crippen molar-refractivity contribution in [2.45, 2.75) is 32.7 Å². The molecule has 5 heteroatoms. The summed E-state index contributed by atoms with van der Waals surface area (Å²) in [4.78, 5) is 20.1. The molecule has 1 saturated heterocycles. The van der Waals surface area contributed by atoms with Crippen molar-refractivity contribution in [1.82, 2.24) is 15.3 Å². The van der Waals surface area contributed by atoms with Crippen LogP contribution in [0, 0.1) is 13.8 Å². The maximum Gasteiger partial charge on any atom is 0.243 e. The molecule has 2 heterocycles. The second kappa shape index (κ2) is 4.57. The molecule has 0 spiro atoms. The lowest BCUT2D eigenvalue weighted by molar-refractivity contribution is -0.117. The van der Waals surface area contributed by atoms with Gasteiger partial charge in [-0.15, -0.1) is 0 Å². The molecule has 1 atom stereocenters. The molecule has 2 rings (SSSR count). The third-order valence-electron chi connectivity index (χ3n) is 2.59. The summed E-state index contributed by atoms with van der Waals surface area (Å²) >= 11 is 0. The summed E-state index contributed by atoms with van der Waals surface area (Å²) < 4.78 is 0. The number of hydrogen-bond donors (Lipinski definition) is 2. The molecule has 1 amide bonds. The number of nitrogens with one attached hydrogen (secondary N) is 2. The van der Waals surface area contributed by atoms with Gasteiger partial charge in [-0.25, -0.2) is 9.97 Å². The number of carbonyl (C=O) groups is 1. The molecule has 0 aromatic carbocycles. The molecule has 0 aliphatic carbocycles. The lowest BCUT2D eigenvalue weighted by Gasteiger charge is -2.10. The third-order valence-corrected chi connectivity index (χ3v) is 2.59. The molecule has 1 aliphatic rings. The van der Waals surface area contributed by atoms with E-state index in [4.69, 9.17) is 0 Å². The van der Waals surface area contributed by atoms with Crippen LogP contribution in [0.2, 0.25) is 0 Å². The van der Waals surface area contributed by atoms with E-state index in [1.807, 2.05) is 19.9 Å². The van der Waals surface area contributed by atoms with Crippen molar-refractivity contribution in [2.24, 2.45) is 0 Å². The van der Waals surface area contributed by atoms with E-state index in [1.54, 1.807) is 0 Å². The molecule has 1 aromatic heterocycles. The van der Waals surface area contributed by atoms with Gasteiger partial charge in [-0.05, 0) is 39.3 Å². The fourth-order valence-electron chi connectivity index (χ4n) is 1.89. The average Bonchev–Trinajstić information content (AvgIpc) is 2.68. The van der Waals surface area contributed by atoms with Gasteiger partial charge in [0.15, 0.2) is 0 Å². The number of aryl methyl sites for hydroxylation is 2. The number of carbonyl (C=O) groups excluding carboxylic acids is 1. The Hall–Kier alpha value is -1.49. The first kappa shape index (κ1) is 11.0. The number of aromatic nitrogens is 2. The minimum absolute atomic E-state index is 0.0394. The Balaban J connectivity index is 2.05. The van der Waals surface area contributed by atoms with Crippen LogP contribution in [-0.4, -0.2) is 28.5 Å². The van der Waals surface area contributed by atoms with E-state index < -0.39 is 0 Å². The maximum atomic E-state index is 11.8. The second-order valence-corrected chi connectivity index (χ2v) is 4.11. The summed E-state index contributed by atoms with van der Waals surface area (Å²) in [5, 5.41) is 5.88. The minimum atomic E-state index is -0.0931. The van der Waals surface area contributed by atoms with Crippen molar-refractivity contribution >= 4 is 11.9 Å². The highest BCUT2D eigenvalue weighted by Gasteiger charge is 2.22. The molecule has 5 nitrogen and oxygen atoms in total. The van der Waals surface area contributed by atoms with Gasteiger partial charge in [0.2, 0.25) is 11.9 Å². The Morgan fingerprint density at radius 2 is 2.12 bits per heavy atom. The van der Waals surface area contributed by atoms with Crippen LogP contribution in [0.5, 0.6) is 0 Å². The van der Waals surface area contributed by atoms with E-state index in [1.165, 1.54) is 0 Å². The van der Waals surface area contributed by atoms with Crippen molar-refractivity contribution in [3.8, 4) is 0 Å². The monoisotopic (exact) mass is 220 g/mol. The predicted molar refractivity (Wildman–Crippen MR) is 61.2 cm³/mol. The van der Waals surface area contributed by atoms with Crippen molar-refractivity contribution in [2.75, 3.05) is 11.9 Å². The van der Waals surface area contributed by atoms with Gasteiger partial charge in [0.25, 0.3) is 0 Å². The summed E-state index contributed by atoms with van der Waals surface area (Å²) in [5.41, 5.74) is 1.73. The smallest absolute Gasteiger partial charge is 0.243 e. The first-order valence-corrected chi connectivity index (χ1v) is 5.52. The number of rotatable bonds is 2. The van der Waals surface area contributed by atoms with Gasteiger partial charge in [0, 0.05) is 11.4 Å². The van der Waals surface area contributed by atoms with Crippen LogP contribution in [0.15, 0.2) is 6.07 Å². The summed E-state index contributed by atoms with van der Waals surface area (Å²) in [6.45, 7) is 4.68. The normalized spacial score (nSPS) is 19.8. The van der Waals surface area contributed by atoms with Crippen LogP contribution in [0.4, 0.5) is 5.95 Å². The van der Waals surface area contributed by atoms with E-state index in [0.29, 0.717) is 5.95 Å². The fourth-order valence-corrected chi connectivity index (χ4v) is 1.89. The van der Waals surface area contributed by atoms with Crippen LogP contribution in [-0.2, 0) is 4.79 Å². The Morgan fingerprint density at radius 1 is 1.44 bits per heavy atom. The van der Waals surface area contributed by atoms with Crippen molar-refractivity contribution in [3.63, 3.8) is 0 Å². The van der Waals surface area contributed by atoms with Crippen LogP contribution in [0.1, 0.15) is 24.2 Å². The molecule has 16 heavy (non-hydrogen) atoms. The van der Waals surface area contributed by atoms with Crippen LogP contribution >= 0.6 is 0 Å². The van der Waals surface area contributed by atoms with Gasteiger partial charge in [-0.1, -0.05) is 0 Å². The maximum absolute atomic E-state index is 11.8. The van der Waals surface area contributed by atoms with E-state index in [9.17, 15) is 4.79 Å². The zero-order chi connectivity index (χ0) is 11.5. The zero-order valence-electron chi connectivity index (χ0n) is 9.58. The molecular weight excluding hydrogens is 204 g/mol. The standard InChI is InChI=1S/C11H16N4O/c1-7-6-8(2)14-11(13-7)15-10(16)9-4-3-5-12-9/h6,9,12H,3-5H2,1-2H3,(H,13,14,15,16). The molecular formula is C11H16N4O. The molecule has 1 fully saturated rings. The molecule has 1 aromatic rings. The highest BCUT2D eigenvalue weighted by molar-refractivity contribution is 5.93. The van der Waals surface area contributed by atoms with Gasteiger partial charge in [0.1, 0.15) is 0 Å². The number of amides is 1. The fraction of sp³-hybridized carbons (Fsp3) is 0.545. The Labute approximate surface area is 94.7 Å². The van der Waals surface area contributed by atoms with E-state index in [-0.39, 0.29) is 11.9 Å². The summed E-state index contributed by atoms with van der Waals surface area (Å²) in [7, 11) is 0. The van der Waals surface area contributed by atoms with Gasteiger partial charge in [-0.3, -0.25) is 10.1 Å². The van der Waals surface area contributed by atoms with Gasteiger partial charge < -0.3 is 5.32 Å². The molecule has 2 N–H and O–H groups in total. The number of nitrogens with zero attached hydrogens (tertiary/aromatic N) is 2. The minimum Gasteiger partial charge on any atom is -0.306 e. The lowest BCUT2D eigenvalue weighted by atomic mass is 10.2. The van der Waals surface area contributed by atoms with Gasteiger partial charge in [0.05, 0.1) is 6.04 Å². The Kier molecular flexibility index (Phi) is 3.14. The summed E-state index contributed by atoms with van der Waals surface area (Å²) in [5.74, 6) is 0.360. The molecule has 0 radical (unpaired) electrons. The molecule has 1 aliphatic heterocycles. The van der Waals surface area contributed by atoms with E-state index in [0.717, 1.165) is 30.8 Å². The number of hydrogen-bond acceptors (Lipinski definition) is 4. The van der Waals surface area contributed by atoms with Crippen LogP contribution < -0.4 is 10.6 Å². The van der Waals surface area contributed by atoms with Gasteiger partial charge in [-0.2, -0.15) is 0 Å². The van der Waals surface area contributed by atoms with E-state index in [2.05, 4.69) is 20.6 Å². The first-order valence-electron chi connectivity index (χ1n) is 5.52. The van der Waals surface area contributed by atoms with Crippen LogP contribution in [0.3, 0.4) is 0 Å². The van der Waals surface area contributed by atoms with Gasteiger partial charge >= 0.3 is 0 Å². The average molecular weight is 220 g/mol. The lowest BCUT2D eigenvalue weighted by Crippen LogP contribution is -2.36. The topological polar surface area (TPSA) is 66.9 Å². The highest BCUT2D eigenvalue weighted by Crippen LogP contribution is 2.08. The second-order valence-electron chi connectivity index (χ2n) is 4.11. The highest BCUT2D eigenvalue weighted by atomic mass is 16.2. The van der Waals surface area contributed by atoms with Crippen molar-refractivity contribution < 1.29 is 4.79 Å². The van der Waals surface area contributed by atoms with Crippen molar-refractivity contribution in [3.05, 3.63) is 17.5 Å². The Bertz CT molecular complexity index is 379. The molecule has 1 unspecified atom stereocenters.